The highest BCUT2D eigenvalue weighted by Gasteiger charge is 2.13. The number of carbonyl (C=O) groups excluding carboxylic acids is 1. The third-order valence-corrected chi connectivity index (χ3v) is 4.48. The van der Waals surface area contributed by atoms with Crippen LogP contribution in [0.1, 0.15) is 6.92 Å². The van der Waals surface area contributed by atoms with Crippen LogP contribution in [0.2, 0.25) is 0 Å². The van der Waals surface area contributed by atoms with Crippen molar-refractivity contribution in [3.63, 3.8) is 0 Å². The Morgan fingerprint density at radius 1 is 1.20 bits per heavy atom. The van der Waals surface area contributed by atoms with Gasteiger partial charge in [-0.1, -0.05) is 6.58 Å². The first-order valence-electron chi connectivity index (χ1n) is 9.24. The maximum absolute atomic E-state index is 13.6. The van der Waals surface area contributed by atoms with E-state index in [2.05, 4.69) is 31.8 Å². The van der Waals surface area contributed by atoms with Gasteiger partial charge in [0.25, 0.3) is 0 Å². The molecule has 0 unspecified atom stereocenters. The standard InChI is InChI=1S/C22H18FN5O2/c1-3-20(29)28-18-8-15(11-27-22(18)30-4-2)14-7-16-17(12-26-21(16)25-10-14)13-5-6-24-19(23)9-13/h3,5-12H,1,4H2,2H3,(H,25,26)(H,28,29). The van der Waals surface area contributed by atoms with E-state index < -0.39 is 5.95 Å². The molecular weight excluding hydrogens is 385 g/mol. The zero-order valence-corrected chi connectivity index (χ0v) is 16.1. The van der Waals surface area contributed by atoms with Gasteiger partial charge in [-0.25, -0.2) is 15.0 Å². The van der Waals surface area contributed by atoms with E-state index in [1.54, 1.807) is 30.7 Å². The molecule has 30 heavy (non-hydrogen) atoms. The molecule has 0 saturated heterocycles. The Labute approximate surface area is 171 Å². The van der Waals surface area contributed by atoms with Crippen molar-refractivity contribution < 1.29 is 13.9 Å². The van der Waals surface area contributed by atoms with Crippen LogP contribution in [-0.4, -0.2) is 32.4 Å². The van der Waals surface area contributed by atoms with Crippen molar-refractivity contribution in [2.75, 3.05) is 11.9 Å². The Morgan fingerprint density at radius 2 is 2.00 bits per heavy atom. The maximum Gasteiger partial charge on any atom is 0.247 e. The smallest absolute Gasteiger partial charge is 0.247 e. The number of aromatic nitrogens is 4. The van der Waals surface area contributed by atoms with Gasteiger partial charge >= 0.3 is 0 Å². The summed E-state index contributed by atoms with van der Waals surface area (Å²) in [6, 6.07) is 6.81. The summed E-state index contributed by atoms with van der Waals surface area (Å²) >= 11 is 0. The number of H-pyrrole nitrogens is 1. The first-order valence-corrected chi connectivity index (χ1v) is 9.24. The van der Waals surface area contributed by atoms with Gasteiger partial charge < -0.3 is 15.0 Å². The number of aromatic amines is 1. The second-order valence-corrected chi connectivity index (χ2v) is 6.39. The molecule has 0 aliphatic carbocycles. The van der Waals surface area contributed by atoms with Crippen molar-refractivity contribution in [3.05, 3.63) is 67.7 Å². The molecule has 8 heteroatoms. The van der Waals surface area contributed by atoms with Crippen molar-refractivity contribution in [2.45, 2.75) is 6.92 Å². The highest BCUT2D eigenvalue weighted by Crippen LogP contribution is 2.33. The molecule has 0 spiro atoms. The van der Waals surface area contributed by atoms with E-state index in [0.717, 1.165) is 22.1 Å². The van der Waals surface area contributed by atoms with Gasteiger partial charge in [0, 0.05) is 52.9 Å². The minimum Gasteiger partial charge on any atom is -0.476 e. The fourth-order valence-electron chi connectivity index (χ4n) is 3.11. The molecule has 2 N–H and O–H groups in total. The monoisotopic (exact) mass is 403 g/mol. The number of nitrogens with zero attached hydrogens (tertiary/aromatic N) is 3. The number of hydrogen-bond donors (Lipinski definition) is 2. The second-order valence-electron chi connectivity index (χ2n) is 6.39. The molecule has 150 valence electrons. The van der Waals surface area contributed by atoms with E-state index in [4.69, 9.17) is 4.74 Å². The number of halogens is 1. The molecule has 1 amide bonds. The van der Waals surface area contributed by atoms with Crippen LogP contribution in [0.15, 0.2) is 61.7 Å². The summed E-state index contributed by atoms with van der Waals surface area (Å²) in [7, 11) is 0. The topological polar surface area (TPSA) is 92.8 Å². The Kier molecular flexibility index (Phi) is 5.21. The molecule has 0 saturated carbocycles. The summed E-state index contributed by atoms with van der Waals surface area (Å²) in [4.78, 5) is 27.3. The molecule has 0 bridgehead atoms. The van der Waals surface area contributed by atoms with Gasteiger partial charge in [-0.3, -0.25) is 4.79 Å². The van der Waals surface area contributed by atoms with Gasteiger partial charge in [-0.05, 0) is 36.8 Å². The van der Waals surface area contributed by atoms with Crippen LogP contribution >= 0.6 is 0 Å². The summed E-state index contributed by atoms with van der Waals surface area (Å²) in [5.74, 6) is -0.597. The van der Waals surface area contributed by atoms with E-state index in [1.165, 1.54) is 18.3 Å². The molecule has 4 heterocycles. The van der Waals surface area contributed by atoms with Crippen molar-refractivity contribution in [1.82, 2.24) is 19.9 Å². The average Bonchev–Trinajstić information content (AvgIpc) is 3.18. The predicted molar refractivity (Wildman–Crippen MR) is 113 cm³/mol. The largest absolute Gasteiger partial charge is 0.476 e. The number of pyridine rings is 3. The van der Waals surface area contributed by atoms with E-state index >= 15 is 0 Å². The van der Waals surface area contributed by atoms with Gasteiger partial charge in [0.1, 0.15) is 11.3 Å². The number of rotatable bonds is 6. The number of hydrogen-bond acceptors (Lipinski definition) is 5. The Bertz CT molecular complexity index is 1250. The second kappa shape index (κ2) is 8.12. The average molecular weight is 403 g/mol. The van der Waals surface area contributed by atoms with E-state index in [9.17, 15) is 9.18 Å². The normalized spacial score (nSPS) is 10.7. The third-order valence-electron chi connectivity index (χ3n) is 4.48. The zero-order chi connectivity index (χ0) is 21.1. The number of nitrogens with one attached hydrogen (secondary N) is 2. The van der Waals surface area contributed by atoms with Crippen LogP contribution in [0, 0.1) is 5.95 Å². The number of carbonyl (C=O) groups is 1. The van der Waals surface area contributed by atoms with E-state index in [-0.39, 0.29) is 5.91 Å². The Hall–Kier alpha value is -4.07. The van der Waals surface area contributed by atoms with Crippen molar-refractivity contribution >= 4 is 22.6 Å². The lowest BCUT2D eigenvalue weighted by Crippen LogP contribution is -2.10. The van der Waals surface area contributed by atoms with Crippen molar-refractivity contribution in [1.29, 1.82) is 0 Å². The lowest BCUT2D eigenvalue weighted by molar-refractivity contribution is -0.111. The maximum atomic E-state index is 13.6. The molecule has 0 aliphatic rings. The summed E-state index contributed by atoms with van der Waals surface area (Å²) in [5, 5.41) is 3.53. The zero-order valence-electron chi connectivity index (χ0n) is 16.1. The van der Waals surface area contributed by atoms with Crippen LogP contribution < -0.4 is 10.1 Å². The summed E-state index contributed by atoms with van der Waals surface area (Å²) in [6.45, 7) is 5.71. The summed E-state index contributed by atoms with van der Waals surface area (Å²) < 4.78 is 19.1. The van der Waals surface area contributed by atoms with Crippen LogP contribution in [-0.2, 0) is 4.79 Å². The molecule has 0 aromatic carbocycles. The highest BCUT2D eigenvalue weighted by molar-refractivity contribution is 6.00. The molecule has 4 aromatic rings. The third kappa shape index (κ3) is 3.75. The Balaban J connectivity index is 1.79. The van der Waals surface area contributed by atoms with Crippen LogP contribution in [0.3, 0.4) is 0 Å². The van der Waals surface area contributed by atoms with Gasteiger partial charge in [0.2, 0.25) is 17.7 Å². The molecule has 7 nitrogen and oxygen atoms in total. The fourth-order valence-corrected chi connectivity index (χ4v) is 3.11. The minimum absolute atomic E-state index is 0.320. The lowest BCUT2D eigenvalue weighted by Gasteiger charge is -2.11. The molecule has 0 fully saturated rings. The lowest BCUT2D eigenvalue weighted by atomic mass is 10.0. The molecule has 0 radical (unpaired) electrons. The number of ether oxygens (including phenoxy) is 1. The molecule has 0 atom stereocenters. The molecule has 4 rings (SSSR count). The van der Waals surface area contributed by atoms with E-state index in [0.29, 0.717) is 29.4 Å². The predicted octanol–water partition coefficient (Wildman–Crippen LogP) is 4.35. The highest BCUT2D eigenvalue weighted by atomic mass is 19.1. The summed E-state index contributed by atoms with van der Waals surface area (Å²) in [6.07, 6.45) is 7.73. The molecular formula is C22H18FN5O2. The summed E-state index contributed by atoms with van der Waals surface area (Å²) in [5.41, 5.74) is 4.12. The fraction of sp³-hybridized carbons (Fsp3) is 0.0909. The number of anilines is 1. The van der Waals surface area contributed by atoms with Gasteiger partial charge in [-0.15, -0.1) is 0 Å². The van der Waals surface area contributed by atoms with Crippen molar-refractivity contribution in [3.8, 4) is 28.1 Å². The van der Waals surface area contributed by atoms with Crippen LogP contribution in [0.4, 0.5) is 10.1 Å². The van der Waals surface area contributed by atoms with Crippen LogP contribution in [0.5, 0.6) is 5.88 Å². The minimum atomic E-state index is -0.552. The van der Waals surface area contributed by atoms with E-state index in [1.807, 2.05) is 13.0 Å². The van der Waals surface area contributed by atoms with Gasteiger partial charge in [-0.2, -0.15) is 4.39 Å². The van der Waals surface area contributed by atoms with Gasteiger partial charge in [0.15, 0.2) is 0 Å². The SMILES string of the molecule is C=CC(=O)Nc1cc(-c2cnc3[nH]cc(-c4ccnc(F)c4)c3c2)cnc1OCC. The Morgan fingerprint density at radius 3 is 2.77 bits per heavy atom. The quantitative estimate of drug-likeness (QED) is 0.369. The molecule has 0 aliphatic heterocycles. The molecule has 4 aromatic heterocycles. The number of amides is 1. The van der Waals surface area contributed by atoms with Gasteiger partial charge in [0.05, 0.1) is 6.61 Å². The number of fused-ring (bicyclic) bond motifs is 1. The van der Waals surface area contributed by atoms with Crippen LogP contribution in [0.25, 0.3) is 33.3 Å². The van der Waals surface area contributed by atoms with Crippen molar-refractivity contribution in [2.24, 2.45) is 0 Å². The first-order chi connectivity index (χ1) is 14.6. The first kappa shape index (κ1) is 19.3.